The number of aliphatic hydroxyl groups excluding tert-OH is 1. The molecule has 0 bridgehead atoms. The highest BCUT2D eigenvalue weighted by Crippen LogP contribution is 2.41. The molecular formula is C25H29F3N4O3. The molecule has 35 heavy (non-hydrogen) atoms. The van der Waals surface area contributed by atoms with Gasteiger partial charge in [-0.15, -0.1) is 0 Å². The van der Waals surface area contributed by atoms with E-state index in [1.165, 1.54) is 12.1 Å². The molecule has 10 heteroatoms. The molecular weight excluding hydrogens is 461 g/mol. The zero-order valence-corrected chi connectivity index (χ0v) is 20.1. The Morgan fingerprint density at radius 1 is 1.23 bits per heavy atom. The molecule has 2 heterocycles. The van der Waals surface area contributed by atoms with Gasteiger partial charge in [0.25, 0.3) is 5.91 Å². The lowest BCUT2D eigenvalue weighted by atomic mass is 10.1. The normalized spacial score (nSPS) is 15.3. The lowest BCUT2D eigenvalue weighted by Gasteiger charge is -2.20. The molecule has 188 valence electrons. The first kappa shape index (κ1) is 25.0. The predicted molar refractivity (Wildman–Crippen MR) is 125 cm³/mol. The fraction of sp³-hybridized carbons (Fsp3) is 0.480. The minimum atomic E-state index is -4.43. The molecule has 1 aromatic carbocycles. The first-order chi connectivity index (χ1) is 16.3. The number of nitrogens with zero attached hydrogens (tertiary/aromatic N) is 3. The van der Waals surface area contributed by atoms with Gasteiger partial charge < -0.3 is 15.2 Å². The summed E-state index contributed by atoms with van der Waals surface area (Å²) in [6, 6.07) is 6.02. The summed E-state index contributed by atoms with van der Waals surface area (Å²) in [6.07, 6.45) is -3.42. The molecule has 0 radical (unpaired) electrons. The van der Waals surface area contributed by atoms with Crippen molar-refractivity contribution in [2.45, 2.75) is 64.3 Å². The zero-order valence-electron chi connectivity index (χ0n) is 20.1. The summed E-state index contributed by atoms with van der Waals surface area (Å²) in [5.74, 6) is 0.167. The van der Waals surface area contributed by atoms with Gasteiger partial charge in [-0.1, -0.05) is 0 Å². The van der Waals surface area contributed by atoms with Crippen LogP contribution in [0.15, 0.2) is 30.3 Å². The molecule has 0 spiro atoms. The van der Waals surface area contributed by atoms with Gasteiger partial charge >= 0.3 is 6.18 Å². The third-order valence-electron chi connectivity index (χ3n) is 5.83. The van der Waals surface area contributed by atoms with E-state index in [2.05, 4.69) is 10.4 Å². The molecule has 1 fully saturated rings. The number of hydrogen-bond acceptors (Lipinski definition) is 5. The summed E-state index contributed by atoms with van der Waals surface area (Å²) in [5, 5.41) is 18.3. The Labute approximate surface area is 201 Å². The molecule has 1 aliphatic rings. The fourth-order valence-corrected chi connectivity index (χ4v) is 3.84. The van der Waals surface area contributed by atoms with Gasteiger partial charge in [0.15, 0.2) is 5.65 Å². The van der Waals surface area contributed by atoms with Crippen molar-refractivity contribution in [2.75, 3.05) is 13.2 Å². The number of aryl methyl sites for hydroxylation is 1. The molecule has 1 atom stereocenters. The molecule has 2 aromatic heterocycles. The summed E-state index contributed by atoms with van der Waals surface area (Å²) in [4.78, 5) is 18.0. The Hall–Kier alpha value is -3.14. The Morgan fingerprint density at radius 3 is 2.46 bits per heavy atom. The maximum atomic E-state index is 13.1. The number of ether oxygens (including phenoxy) is 1. The van der Waals surface area contributed by atoms with E-state index in [1.54, 1.807) is 0 Å². The van der Waals surface area contributed by atoms with Crippen LogP contribution in [0, 0.1) is 6.92 Å². The summed E-state index contributed by atoms with van der Waals surface area (Å²) >= 11 is 0. The lowest BCUT2D eigenvalue weighted by molar-refractivity contribution is -0.137. The summed E-state index contributed by atoms with van der Waals surface area (Å²) in [5.41, 5.74) is 1.58. The van der Waals surface area contributed by atoms with Crippen LogP contribution in [0.4, 0.5) is 13.2 Å². The van der Waals surface area contributed by atoms with Gasteiger partial charge in [-0.3, -0.25) is 4.79 Å². The largest absolute Gasteiger partial charge is 0.491 e. The topological polar surface area (TPSA) is 89.3 Å². The maximum Gasteiger partial charge on any atom is 0.416 e. The molecule has 0 aliphatic heterocycles. The average molecular weight is 491 g/mol. The third kappa shape index (κ3) is 5.58. The number of halogens is 3. The number of aromatic nitrogens is 3. The van der Waals surface area contributed by atoms with Crippen LogP contribution in [0.25, 0.3) is 11.0 Å². The molecule has 1 unspecified atom stereocenters. The van der Waals surface area contributed by atoms with Gasteiger partial charge in [-0.05, 0) is 70.9 Å². The predicted octanol–water partition coefficient (Wildman–Crippen LogP) is 4.56. The van der Waals surface area contributed by atoms with E-state index in [0.717, 1.165) is 30.7 Å². The van der Waals surface area contributed by atoms with Gasteiger partial charge in [0.05, 0.1) is 27.7 Å². The van der Waals surface area contributed by atoms with Crippen LogP contribution in [0.1, 0.15) is 66.8 Å². The fourth-order valence-electron chi connectivity index (χ4n) is 3.84. The first-order valence-corrected chi connectivity index (χ1v) is 11.5. The number of rotatable bonds is 7. The van der Waals surface area contributed by atoms with Crippen molar-refractivity contribution in [1.29, 1.82) is 0 Å². The summed E-state index contributed by atoms with van der Waals surface area (Å²) < 4.78 is 45.2. The number of benzene rings is 1. The van der Waals surface area contributed by atoms with E-state index in [1.807, 2.05) is 38.4 Å². The van der Waals surface area contributed by atoms with Crippen molar-refractivity contribution in [3.05, 3.63) is 52.8 Å². The highest BCUT2D eigenvalue weighted by Gasteiger charge is 2.31. The zero-order chi connectivity index (χ0) is 25.5. The molecule has 3 aromatic rings. The standard InChI is InChI=1S/C25H29F3N4O3/c1-14-21-19(11-20(15-5-6-15)30-22(21)32(31-14)24(2,3)4)23(34)29-12-17(33)13-35-18-9-7-16(8-10-18)25(26,27)28/h7-11,15,17,33H,5-6,12-13H2,1-4H3,(H,29,34). The van der Waals surface area contributed by atoms with Crippen LogP contribution in [0.3, 0.4) is 0 Å². The van der Waals surface area contributed by atoms with Crippen molar-refractivity contribution in [1.82, 2.24) is 20.1 Å². The van der Waals surface area contributed by atoms with Crippen molar-refractivity contribution in [3.8, 4) is 5.75 Å². The molecule has 1 amide bonds. The molecule has 7 nitrogen and oxygen atoms in total. The number of fused-ring (bicyclic) bond motifs is 1. The number of pyridine rings is 1. The molecule has 2 N–H and O–H groups in total. The smallest absolute Gasteiger partial charge is 0.416 e. The highest BCUT2D eigenvalue weighted by atomic mass is 19.4. The van der Waals surface area contributed by atoms with Crippen molar-refractivity contribution in [3.63, 3.8) is 0 Å². The number of carbonyl (C=O) groups is 1. The third-order valence-corrected chi connectivity index (χ3v) is 5.83. The van der Waals surface area contributed by atoms with E-state index >= 15 is 0 Å². The van der Waals surface area contributed by atoms with E-state index in [4.69, 9.17) is 9.72 Å². The molecule has 0 saturated heterocycles. The first-order valence-electron chi connectivity index (χ1n) is 11.5. The van der Waals surface area contributed by atoms with Crippen LogP contribution in [-0.2, 0) is 11.7 Å². The second-order valence-corrected chi connectivity index (χ2v) is 9.93. The number of carbonyl (C=O) groups excluding carboxylic acids is 1. The van der Waals surface area contributed by atoms with Crippen LogP contribution in [0.5, 0.6) is 5.75 Å². The Kier molecular flexibility index (Phi) is 6.52. The number of nitrogens with one attached hydrogen (secondary N) is 1. The Balaban J connectivity index is 1.45. The minimum absolute atomic E-state index is 0.0888. The Bertz CT molecular complexity index is 1230. The van der Waals surface area contributed by atoms with Crippen LogP contribution < -0.4 is 10.1 Å². The van der Waals surface area contributed by atoms with Gasteiger partial charge in [-0.25, -0.2) is 9.67 Å². The van der Waals surface area contributed by atoms with Crippen molar-refractivity contribution < 1.29 is 27.8 Å². The van der Waals surface area contributed by atoms with E-state index in [-0.39, 0.29) is 30.3 Å². The van der Waals surface area contributed by atoms with Crippen molar-refractivity contribution >= 4 is 16.9 Å². The minimum Gasteiger partial charge on any atom is -0.491 e. The van der Waals surface area contributed by atoms with Crippen LogP contribution >= 0.6 is 0 Å². The molecule has 1 aliphatic carbocycles. The van der Waals surface area contributed by atoms with Gasteiger partial charge in [0, 0.05) is 18.2 Å². The summed E-state index contributed by atoms with van der Waals surface area (Å²) in [6.45, 7) is 7.64. The van der Waals surface area contributed by atoms with E-state index in [9.17, 15) is 23.1 Å². The van der Waals surface area contributed by atoms with Crippen LogP contribution in [0.2, 0.25) is 0 Å². The van der Waals surface area contributed by atoms with E-state index < -0.39 is 17.8 Å². The second-order valence-electron chi connectivity index (χ2n) is 9.93. The number of amides is 1. The summed E-state index contributed by atoms with van der Waals surface area (Å²) in [7, 11) is 0. The highest BCUT2D eigenvalue weighted by molar-refractivity contribution is 6.06. The lowest BCUT2D eigenvalue weighted by Crippen LogP contribution is -2.35. The SMILES string of the molecule is Cc1nn(C(C)(C)C)c2nc(C3CC3)cc(C(=O)NCC(O)COc3ccc(C(F)(F)F)cc3)c12. The van der Waals surface area contributed by atoms with Crippen molar-refractivity contribution in [2.24, 2.45) is 0 Å². The second kappa shape index (κ2) is 9.14. The maximum absolute atomic E-state index is 13.1. The van der Waals surface area contributed by atoms with Gasteiger partial charge in [0.2, 0.25) is 0 Å². The quantitative estimate of drug-likeness (QED) is 0.507. The number of aliphatic hydroxyl groups is 1. The molecule has 1 saturated carbocycles. The van der Waals surface area contributed by atoms with Crippen LogP contribution in [-0.4, -0.2) is 45.0 Å². The Morgan fingerprint density at radius 2 is 1.89 bits per heavy atom. The average Bonchev–Trinajstić information content (AvgIpc) is 3.58. The molecule has 4 rings (SSSR count). The van der Waals surface area contributed by atoms with Gasteiger partial charge in [-0.2, -0.15) is 18.3 Å². The monoisotopic (exact) mass is 490 g/mol. The van der Waals surface area contributed by atoms with E-state index in [0.29, 0.717) is 28.2 Å². The van der Waals surface area contributed by atoms with Gasteiger partial charge in [0.1, 0.15) is 18.5 Å². The number of alkyl halides is 3. The number of hydrogen-bond donors (Lipinski definition) is 2.